The Morgan fingerprint density at radius 3 is 2.51 bits per heavy atom. The number of pyridine rings is 1. The second kappa shape index (κ2) is 12.5. The number of anilines is 2. The molecule has 12 heteroatoms. The molecule has 1 fully saturated rings. The molecule has 1 unspecified atom stereocenters. The van der Waals surface area contributed by atoms with Crippen molar-refractivity contribution in [3.05, 3.63) is 83.3 Å². The van der Waals surface area contributed by atoms with Crippen molar-refractivity contribution in [3.8, 4) is 5.75 Å². The number of nitrogens with one attached hydrogen (secondary N) is 3. The highest BCUT2D eigenvalue weighted by atomic mass is 32.2. The Morgan fingerprint density at radius 2 is 1.79 bits per heavy atom. The summed E-state index contributed by atoms with van der Waals surface area (Å²) in [4.78, 5) is 15.8. The summed E-state index contributed by atoms with van der Waals surface area (Å²) in [6.07, 6.45) is 6.47. The summed E-state index contributed by atoms with van der Waals surface area (Å²) in [6.45, 7) is 12.5. The lowest BCUT2D eigenvalue weighted by molar-refractivity contribution is 0.152. The van der Waals surface area contributed by atoms with E-state index in [2.05, 4.69) is 54.8 Å². The second-order valence-electron chi connectivity index (χ2n) is 14.0. The van der Waals surface area contributed by atoms with Gasteiger partial charge in [-0.25, -0.2) is 13.2 Å². The van der Waals surface area contributed by atoms with Crippen molar-refractivity contribution in [3.63, 3.8) is 0 Å². The predicted octanol–water partition coefficient (Wildman–Crippen LogP) is 6.51. The highest BCUT2D eigenvalue weighted by Crippen LogP contribution is 2.40. The highest BCUT2D eigenvalue weighted by molar-refractivity contribution is 7.92. The maximum absolute atomic E-state index is 13.3. The first kappa shape index (κ1) is 32.8. The van der Waals surface area contributed by atoms with Crippen LogP contribution in [-0.2, 0) is 21.0 Å². The van der Waals surface area contributed by atoms with Gasteiger partial charge in [0.1, 0.15) is 11.9 Å². The highest BCUT2D eigenvalue weighted by Gasteiger charge is 2.41. The zero-order chi connectivity index (χ0) is 33.6. The van der Waals surface area contributed by atoms with E-state index in [4.69, 9.17) is 4.74 Å². The van der Waals surface area contributed by atoms with Crippen LogP contribution in [0.15, 0.2) is 60.8 Å². The number of nitrogens with zero attached hydrogens (tertiary/aromatic N) is 4. The van der Waals surface area contributed by atoms with Crippen LogP contribution in [-0.4, -0.2) is 53.3 Å². The fraction of sp³-hybridized carbons (Fsp3) is 0.457. The number of aromatic nitrogens is 3. The zero-order valence-electron chi connectivity index (χ0n) is 28.0. The van der Waals surface area contributed by atoms with Crippen molar-refractivity contribution >= 4 is 33.1 Å². The Bertz CT molecular complexity index is 1900. The zero-order valence-corrected chi connectivity index (χ0v) is 28.8. The monoisotopic (exact) mass is 659 g/mol. The first-order valence-corrected chi connectivity index (χ1v) is 18.2. The van der Waals surface area contributed by atoms with E-state index in [1.54, 1.807) is 12.1 Å². The summed E-state index contributed by atoms with van der Waals surface area (Å²) in [5.74, 6) is 1.67. The minimum absolute atomic E-state index is 0.177. The summed E-state index contributed by atoms with van der Waals surface area (Å²) in [7, 11) is -3.49. The third-order valence-corrected chi connectivity index (χ3v) is 10.0. The van der Waals surface area contributed by atoms with E-state index >= 15 is 0 Å². The van der Waals surface area contributed by atoms with E-state index < -0.39 is 10.0 Å². The Kier molecular flexibility index (Phi) is 8.69. The number of ether oxygens (including phenoxy) is 1. The molecular formula is C35H45N7O4S. The molecule has 250 valence electrons. The average Bonchev–Trinajstić information content (AvgIpc) is 3.60. The van der Waals surface area contributed by atoms with E-state index in [1.807, 2.05) is 63.4 Å². The van der Waals surface area contributed by atoms with Crippen molar-refractivity contribution in [1.82, 2.24) is 24.8 Å². The third-order valence-electron chi connectivity index (χ3n) is 9.41. The van der Waals surface area contributed by atoms with Crippen LogP contribution >= 0.6 is 0 Å². The molecule has 4 aromatic rings. The molecule has 1 aliphatic heterocycles. The SMILES string of the molecule is CCN1CCCC1(C)c1nnc2ccc(O[C@@H]3CC[C@H](NC(=O)Nc4cc(NS(C)(=O)=O)cc(C(C)(C)C)c4)c4ccccc43)cn12. The van der Waals surface area contributed by atoms with Crippen LogP contribution in [0.5, 0.6) is 5.75 Å². The van der Waals surface area contributed by atoms with E-state index in [0.29, 0.717) is 24.2 Å². The largest absolute Gasteiger partial charge is 0.484 e. The van der Waals surface area contributed by atoms with Gasteiger partial charge < -0.3 is 15.4 Å². The predicted molar refractivity (Wildman–Crippen MR) is 184 cm³/mol. The fourth-order valence-corrected chi connectivity index (χ4v) is 7.55. The van der Waals surface area contributed by atoms with Crippen LogP contribution < -0.4 is 20.1 Å². The molecule has 11 nitrogen and oxygen atoms in total. The van der Waals surface area contributed by atoms with Crippen molar-refractivity contribution in [2.75, 3.05) is 29.4 Å². The van der Waals surface area contributed by atoms with Crippen LogP contribution in [0.4, 0.5) is 16.2 Å². The van der Waals surface area contributed by atoms with Crippen LogP contribution in [0.2, 0.25) is 0 Å². The molecule has 0 bridgehead atoms. The molecule has 1 aliphatic carbocycles. The van der Waals surface area contributed by atoms with Gasteiger partial charge in [0, 0.05) is 5.69 Å². The second-order valence-corrected chi connectivity index (χ2v) is 15.7. The summed E-state index contributed by atoms with van der Waals surface area (Å²) >= 11 is 0. The molecule has 2 aliphatic rings. The molecule has 3 N–H and O–H groups in total. The minimum atomic E-state index is -3.49. The summed E-state index contributed by atoms with van der Waals surface area (Å²) in [5, 5.41) is 15.1. The van der Waals surface area contributed by atoms with E-state index in [-0.39, 0.29) is 29.1 Å². The van der Waals surface area contributed by atoms with E-state index in [9.17, 15) is 13.2 Å². The van der Waals surface area contributed by atoms with Crippen molar-refractivity contribution < 1.29 is 17.9 Å². The first-order valence-electron chi connectivity index (χ1n) is 16.3. The number of amides is 2. The van der Waals surface area contributed by atoms with Crippen molar-refractivity contribution in [1.29, 1.82) is 0 Å². The van der Waals surface area contributed by atoms with Crippen molar-refractivity contribution in [2.24, 2.45) is 0 Å². The third kappa shape index (κ3) is 6.94. The quantitative estimate of drug-likeness (QED) is 0.197. The van der Waals surface area contributed by atoms with Crippen LogP contribution in [0, 0.1) is 0 Å². The van der Waals surface area contributed by atoms with E-state index in [0.717, 1.165) is 66.1 Å². The molecule has 47 heavy (non-hydrogen) atoms. The summed E-state index contributed by atoms with van der Waals surface area (Å²) < 4.78 is 35.1. The molecule has 2 amide bonds. The number of hydrogen-bond acceptors (Lipinski definition) is 7. The maximum atomic E-state index is 13.3. The van der Waals surface area contributed by atoms with Gasteiger partial charge >= 0.3 is 6.03 Å². The van der Waals surface area contributed by atoms with Crippen LogP contribution in [0.25, 0.3) is 5.65 Å². The number of benzene rings is 2. The Morgan fingerprint density at radius 1 is 1.04 bits per heavy atom. The molecule has 3 atom stereocenters. The Labute approximate surface area is 277 Å². The van der Waals surface area contributed by atoms with Gasteiger partial charge in [0.2, 0.25) is 10.0 Å². The molecular weight excluding hydrogens is 614 g/mol. The van der Waals surface area contributed by atoms with Crippen LogP contribution in [0.1, 0.15) is 95.0 Å². The lowest BCUT2D eigenvalue weighted by Crippen LogP contribution is -2.40. The topological polar surface area (TPSA) is 130 Å². The van der Waals surface area contributed by atoms with Crippen LogP contribution in [0.3, 0.4) is 0 Å². The summed E-state index contributed by atoms with van der Waals surface area (Å²) in [6, 6.07) is 16.7. The summed E-state index contributed by atoms with van der Waals surface area (Å²) in [5.41, 5.74) is 4.18. The van der Waals surface area contributed by atoms with E-state index in [1.165, 1.54) is 0 Å². The maximum Gasteiger partial charge on any atom is 0.319 e. The van der Waals surface area contributed by atoms with Gasteiger partial charge in [-0.15, -0.1) is 10.2 Å². The van der Waals surface area contributed by atoms with Gasteiger partial charge in [0.05, 0.1) is 29.7 Å². The number of likely N-dealkylation sites (tertiary alicyclic amines) is 1. The lowest BCUT2D eigenvalue weighted by Gasteiger charge is -2.33. The van der Waals surface area contributed by atoms with Crippen molar-refractivity contribution in [2.45, 2.75) is 83.4 Å². The molecule has 3 heterocycles. The number of fused-ring (bicyclic) bond motifs is 2. The van der Waals surface area contributed by atoms with Gasteiger partial charge in [0.15, 0.2) is 11.5 Å². The number of rotatable bonds is 8. The molecule has 0 saturated carbocycles. The minimum Gasteiger partial charge on any atom is -0.484 e. The Hall–Kier alpha value is -4.16. The number of sulfonamides is 1. The number of hydrogen-bond donors (Lipinski definition) is 3. The normalized spacial score (nSPS) is 21.7. The Balaban J connectivity index is 1.20. The molecule has 2 aromatic carbocycles. The number of urea groups is 1. The molecule has 0 spiro atoms. The molecule has 0 radical (unpaired) electrons. The van der Waals surface area contributed by atoms with Gasteiger partial charge in [-0.2, -0.15) is 0 Å². The van der Waals surface area contributed by atoms with Gasteiger partial charge in [0.25, 0.3) is 0 Å². The van der Waals surface area contributed by atoms with Gasteiger partial charge in [-0.3, -0.25) is 14.0 Å². The average molecular weight is 660 g/mol. The standard InChI is InChI=1S/C35H45N7O4S/c1-7-41-18-10-17-35(41,5)32-39-38-31-16-13-26(22-42(31)32)46-30-15-14-29(27-11-8-9-12-28(27)30)37-33(43)36-24-19-23(34(2,3)4)20-25(21-24)40-47(6,44)45/h8-9,11-13,16,19-22,29-30,40H,7,10,14-15,17-18H2,1-6H3,(H2,36,37,43)/t29-,30+,35?/m0/s1. The van der Waals surface area contributed by atoms with Gasteiger partial charge in [-0.1, -0.05) is 52.0 Å². The fourth-order valence-electron chi connectivity index (χ4n) is 7.01. The molecule has 2 aromatic heterocycles. The van der Waals surface area contributed by atoms with Gasteiger partial charge in [-0.05, 0) is 98.1 Å². The number of carbonyl (C=O) groups excluding carboxylic acids is 1. The number of carbonyl (C=O) groups is 1. The first-order chi connectivity index (χ1) is 22.2. The molecule has 1 saturated heterocycles. The smallest absolute Gasteiger partial charge is 0.319 e. The molecule has 6 rings (SSSR count). The lowest BCUT2D eigenvalue weighted by atomic mass is 9.85.